The van der Waals surface area contributed by atoms with Gasteiger partial charge in [0.05, 0.1) is 18.2 Å². The van der Waals surface area contributed by atoms with E-state index in [0.29, 0.717) is 34.9 Å². The lowest BCUT2D eigenvalue weighted by Crippen LogP contribution is -2.33. The van der Waals surface area contributed by atoms with Crippen molar-refractivity contribution in [2.45, 2.75) is 19.4 Å². The van der Waals surface area contributed by atoms with E-state index < -0.39 is 0 Å². The first-order chi connectivity index (χ1) is 13.5. The van der Waals surface area contributed by atoms with E-state index in [9.17, 15) is 9.59 Å². The predicted molar refractivity (Wildman–Crippen MR) is 109 cm³/mol. The Morgan fingerprint density at radius 3 is 2.64 bits per heavy atom. The van der Waals surface area contributed by atoms with Gasteiger partial charge >= 0.3 is 0 Å². The van der Waals surface area contributed by atoms with Crippen molar-refractivity contribution in [1.82, 2.24) is 4.90 Å². The summed E-state index contributed by atoms with van der Waals surface area (Å²) in [5, 5.41) is 2.91. The average Bonchev–Trinajstić information content (AvgIpc) is 2.68. The summed E-state index contributed by atoms with van der Waals surface area (Å²) in [5.74, 6) is 0.939. The smallest absolute Gasteiger partial charge is 0.226 e. The van der Waals surface area contributed by atoms with Crippen LogP contribution in [0.5, 0.6) is 11.5 Å². The van der Waals surface area contributed by atoms with Gasteiger partial charge in [-0.25, -0.2) is 0 Å². The third kappa shape index (κ3) is 3.62. The van der Waals surface area contributed by atoms with Gasteiger partial charge in [-0.2, -0.15) is 0 Å². The second kappa shape index (κ2) is 7.67. The van der Waals surface area contributed by atoms with E-state index in [1.807, 2.05) is 30.3 Å². The number of hydrogen-bond donors (Lipinski definition) is 1. The van der Waals surface area contributed by atoms with Gasteiger partial charge in [0, 0.05) is 29.7 Å². The van der Waals surface area contributed by atoms with Crippen molar-refractivity contribution in [1.29, 1.82) is 0 Å². The summed E-state index contributed by atoms with van der Waals surface area (Å²) >= 11 is 3.46. The van der Waals surface area contributed by atoms with Gasteiger partial charge in [-0.15, -0.1) is 0 Å². The van der Waals surface area contributed by atoms with Crippen LogP contribution in [0.15, 0.2) is 47.1 Å². The molecular weight excluding hydrogens is 424 g/mol. The van der Waals surface area contributed by atoms with Crippen molar-refractivity contribution in [3.63, 3.8) is 0 Å². The van der Waals surface area contributed by atoms with Crippen molar-refractivity contribution in [2.75, 3.05) is 18.5 Å². The van der Waals surface area contributed by atoms with Crippen LogP contribution in [0, 0.1) is 0 Å². The molecule has 0 saturated carbocycles. The molecule has 28 heavy (non-hydrogen) atoms. The number of nitrogens with one attached hydrogen (secondary N) is 1. The van der Waals surface area contributed by atoms with Crippen molar-refractivity contribution >= 4 is 39.5 Å². The van der Waals surface area contributed by atoms with Crippen LogP contribution in [0.1, 0.15) is 30.5 Å². The number of halogens is 1. The molecular formula is C21H19BrN2O4. The lowest BCUT2D eigenvalue weighted by Gasteiger charge is -2.32. The predicted octanol–water partition coefficient (Wildman–Crippen LogP) is 4.12. The topological polar surface area (TPSA) is 67.9 Å². The minimum absolute atomic E-state index is 0.107. The molecule has 144 valence electrons. The molecule has 0 bridgehead atoms. The number of benzene rings is 2. The zero-order valence-electron chi connectivity index (χ0n) is 15.3. The SMILES string of the molecule is CC(=O)N1C=Cc2ccccc2[C@H]1CC(=O)Nc1cc2c(cc1Br)OCCO2. The van der Waals surface area contributed by atoms with Gasteiger partial charge in [0.15, 0.2) is 11.5 Å². The Labute approximate surface area is 171 Å². The molecule has 1 N–H and O–H groups in total. The molecule has 2 aromatic rings. The normalized spacial score (nSPS) is 17.1. The van der Waals surface area contributed by atoms with E-state index in [0.717, 1.165) is 11.1 Å². The van der Waals surface area contributed by atoms with Crippen LogP contribution in [0.2, 0.25) is 0 Å². The number of rotatable bonds is 3. The molecule has 2 aromatic carbocycles. The number of ether oxygens (including phenoxy) is 2. The van der Waals surface area contributed by atoms with E-state index >= 15 is 0 Å². The van der Waals surface area contributed by atoms with E-state index in [-0.39, 0.29) is 24.3 Å². The van der Waals surface area contributed by atoms with E-state index in [1.54, 1.807) is 23.2 Å². The van der Waals surface area contributed by atoms with Gasteiger partial charge in [-0.3, -0.25) is 9.59 Å². The Morgan fingerprint density at radius 2 is 1.89 bits per heavy atom. The monoisotopic (exact) mass is 442 g/mol. The molecule has 0 radical (unpaired) electrons. The van der Waals surface area contributed by atoms with Gasteiger partial charge in [0.2, 0.25) is 11.8 Å². The molecule has 0 saturated heterocycles. The second-order valence-electron chi connectivity index (χ2n) is 6.61. The van der Waals surface area contributed by atoms with E-state index in [4.69, 9.17) is 9.47 Å². The van der Waals surface area contributed by atoms with Gasteiger partial charge in [0.1, 0.15) is 13.2 Å². The van der Waals surface area contributed by atoms with Gasteiger partial charge in [0.25, 0.3) is 0 Å². The Kier molecular flexibility index (Phi) is 5.09. The minimum Gasteiger partial charge on any atom is -0.486 e. The summed E-state index contributed by atoms with van der Waals surface area (Å²) in [4.78, 5) is 26.5. The van der Waals surface area contributed by atoms with E-state index in [1.165, 1.54) is 6.92 Å². The number of anilines is 1. The summed E-state index contributed by atoms with van der Waals surface area (Å²) in [6, 6.07) is 11.0. The maximum absolute atomic E-state index is 12.8. The maximum atomic E-state index is 12.8. The summed E-state index contributed by atoms with van der Waals surface area (Å²) in [5.41, 5.74) is 2.57. The Balaban J connectivity index is 1.56. The molecule has 0 spiro atoms. The molecule has 2 aliphatic rings. The van der Waals surface area contributed by atoms with Gasteiger partial charge in [-0.05, 0) is 33.1 Å². The number of hydrogen-bond acceptors (Lipinski definition) is 4. The van der Waals surface area contributed by atoms with Crippen LogP contribution in [0.3, 0.4) is 0 Å². The molecule has 2 amide bonds. The summed E-state index contributed by atoms with van der Waals surface area (Å²) < 4.78 is 11.8. The van der Waals surface area contributed by atoms with Gasteiger partial charge in [-0.1, -0.05) is 24.3 Å². The van der Waals surface area contributed by atoms with E-state index in [2.05, 4.69) is 21.2 Å². The third-order valence-electron chi connectivity index (χ3n) is 4.75. The van der Waals surface area contributed by atoms with Crippen LogP contribution >= 0.6 is 15.9 Å². The fourth-order valence-electron chi connectivity index (χ4n) is 3.45. The first-order valence-electron chi connectivity index (χ1n) is 8.98. The number of amides is 2. The third-order valence-corrected chi connectivity index (χ3v) is 5.41. The lowest BCUT2D eigenvalue weighted by atomic mass is 9.93. The molecule has 4 rings (SSSR count). The van der Waals surface area contributed by atoms with Crippen LogP contribution in [-0.4, -0.2) is 29.9 Å². The quantitative estimate of drug-likeness (QED) is 0.775. The molecule has 6 nitrogen and oxygen atoms in total. The number of carbonyl (C=O) groups is 2. The van der Waals surface area contributed by atoms with Crippen molar-refractivity contribution in [3.05, 3.63) is 58.2 Å². The van der Waals surface area contributed by atoms with Crippen LogP contribution in [0.25, 0.3) is 6.08 Å². The average molecular weight is 443 g/mol. The standard InChI is InChI=1S/C21H19BrN2O4/c1-13(25)24-7-6-14-4-2-3-5-15(14)18(24)12-21(26)23-17-11-20-19(10-16(17)22)27-8-9-28-20/h2-7,10-11,18H,8-9,12H2,1H3,(H,23,26)/t18-/m1/s1. The molecule has 0 unspecified atom stereocenters. The zero-order valence-corrected chi connectivity index (χ0v) is 16.9. The fourth-order valence-corrected chi connectivity index (χ4v) is 3.87. The molecule has 7 heteroatoms. The van der Waals surface area contributed by atoms with Crippen LogP contribution in [-0.2, 0) is 9.59 Å². The van der Waals surface area contributed by atoms with Crippen molar-refractivity contribution < 1.29 is 19.1 Å². The molecule has 0 aromatic heterocycles. The molecule has 2 heterocycles. The van der Waals surface area contributed by atoms with Crippen molar-refractivity contribution in [3.8, 4) is 11.5 Å². The highest BCUT2D eigenvalue weighted by molar-refractivity contribution is 9.10. The number of carbonyl (C=O) groups excluding carboxylic acids is 2. The number of fused-ring (bicyclic) bond motifs is 2. The second-order valence-corrected chi connectivity index (χ2v) is 7.47. The zero-order chi connectivity index (χ0) is 19.7. The Hall–Kier alpha value is -2.80. The van der Waals surface area contributed by atoms with Crippen LogP contribution < -0.4 is 14.8 Å². The first-order valence-corrected chi connectivity index (χ1v) is 9.77. The van der Waals surface area contributed by atoms with Crippen LogP contribution in [0.4, 0.5) is 5.69 Å². The largest absolute Gasteiger partial charge is 0.486 e. The number of nitrogens with zero attached hydrogens (tertiary/aromatic N) is 1. The highest BCUT2D eigenvalue weighted by atomic mass is 79.9. The highest BCUT2D eigenvalue weighted by Gasteiger charge is 2.28. The van der Waals surface area contributed by atoms with Crippen molar-refractivity contribution in [2.24, 2.45) is 0 Å². The summed E-state index contributed by atoms with van der Waals surface area (Å²) in [6.07, 6.45) is 3.77. The molecule has 1 atom stereocenters. The van der Waals surface area contributed by atoms with Gasteiger partial charge < -0.3 is 19.7 Å². The molecule has 2 aliphatic heterocycles. The maximum Gasteiger partial charge on any atom is 0.226 e. The summed E-state index contributed by atoms with van der Waals surface area (Å²) in [7, 11) is 0. The Bertz CT molecular complexity index is 973. The fraction of sp³-hybridized carbons (Fsp3) is 0.238. The molecule has 0 fully saturated rings. The highest BCUT2D eigenvalue weighted by Crippen LogP contribution is 2.39. The molecule has 0 aliphatic carbocycles. The Morgan fingerprint density at radius 1 is 1.18 bits per heavy atom. The first kappa shape index (κ1) is 18.6. The minimum atomic E-state index is -0.352. The summed E-state index contributed by atoms with van der Waals surface area (Å²) in [6.45, 7) is 2.47. The lowest BCUT2D eigenvalue weighted by molar-refractivity contribution is -0.129.